The van der Waals surface area contributed by atoms with E-state index < -0.39 is 8.07 Å². The Balaban J connectivity index is 2.12. The van der Waals surface area contributed by atoms with Gasteiger partial charge in [0.05, 0.1) is 18.7 Å². The highest BCUT2D eigenvalue weighted by atomic mass is 28.3. The number of carbonyl (C=O) groups excluding carboxylic acids is 2. The average molecular weight is 406 g/mol. The normalized spacial score (nSPS) is 14.1. The van der Waals surface area contributed by atoms with E-state index in [4.69, 9.17) is 0 Å². The fourth-order valence-electron chi connectivity index (χ4n) is 3.16. The fourth-order valence-corrected chi connectivity index (χ4v) is 3.66. The molecule has 0 atom stereocenters. The van der Waals surface area contributed by atoms with Crippen LogP contribution in [0.2, 0.25) is 19.6 Å². The van der Waals surface area contributed by atoms with E-state index in [9.17, 15) is 14.0 Å². The number of amides is 1. The van der Waals surface area contributed by atoms with Gasteiger partial charge in [0.2, 0.25) is 5.91 Å². The SMILES string of the molecule is Cc1ccc(CN2C(=O)CC(C=O)=C(C#C[Si](C)(C)C)c3ccccc32)cc1F. The Morgan fingerprint density at radius 1 is 1.17 bits per heavy atom. The average Bonchev–Trinajstić information content (AvgIpc) is 2.77. The molecule has 1 heterocycles. The molecule has 0 radical (unpaired) electrons. The van der Waals surface area contributed by atoms with Crippen molar-refractivity contribution in [3.8, 4) is 11.5 Å². The second-order valence-corrected chi connectivity index (χ2v) is 13.0. The van der Waals surface area contributed by atoms with Gasteiger partial charge in [-0.05, 0) is 30.2 Å². The Bertz CT molecular complexity index is 1070. The van der Waals surface area contributed by atoms with Gasteiger partial charge < -0.3 is 4.90 Å². The van der Waals surface area contributed by atoms with Crippen LogP contribution >= 0.6 is 0 Å². The maximum absolute atomic E-state index is 14.0. The standard InChI is InChI=1S/C24H24FNO2Si/c1-17-9-10-18(13-22(17)25)15-26-23-8-6-5-7-21(23)20(11-12-29(2,3)4)19(16-27)14-24(26)28/h5-10,13,16H,14-15H2,1-4H3. The van der Waals surface area contributed by atoms with E-state index in [2.05, 4.69) is 31.1 Å². The minimum absolute atomic E-state index is 0.0256. The smallest absolute Gasteiger partial charge is 0.231 e. The second kappa shape index (κ2) is 8.18. The number of rotatable bonds is 3. The first-order valence-electron chi connectivity index (χ1n) is 9.56. The van der Waals surface area contributed by atoms with Crippen molar-refractivity contribution in [2.24, 2.45) is 0 Å². The van der Waals surface area contributed by atoms with Crippen LogP contribution in [0.5, 0.6) is 0 Å². The van der Waals surface area contributed by atoms with Crippen LogP contribution in [-0.2, 0) is 16.1 Å². The second-order valence-electron chi connectivity index (χ2n) is 8.28. The Kier molecular flexibility index (Phi) is 5.85. The van der Waals surface area contributed by atoms with Crippen LogP contribution in [0, 0.1) is 24.2 Å². The van der Waals surface area contributed by atoms with Crippen molar-refractivity contribution < 1.29 is 14.0 Å². The number of hydrogen-bond donors (Lipinski definition) is 0. The van der Waals surface area contributed by atoms with Gasteiger partial charge in [0.25, 0.3) is 0 Å². The van der Waals surface area contributed by atoms with E-state index in [-0.39, 0.29) is 24.7 Å². The summed E-state index contributed by atoms with van der Waals surface area (Å²) in [5, 5.41) is 0. The van der Waals surface area contributed by atoms with Crippen molar-refractivity contribution in [2.45, 2.75) is 39.5 Å². The molecule has 0 unspecified atom stereocenters. The third-order valence-electron chi connectivity index (χ3n) is 4.71. The molecular formula is C24H24FNO2Si. The predicted octanol–water partition coefficient (Wildman–Crippen LogP) is 4.90. The lowest BCUT2D eigenvalue weighted by atomic mass is 9.99. The van der Waals surface area contributed by atoms with Gasteiger partial charge in [0.1, 0.15) is 20.2 Å². The topological polar surface area (TPSA) is 37.4 Å². The molecule has 2 aromatic carbocycles. The summed E-state index contributed by atoms with van der Waals surface area (Å²) in [6, 6.07) is 12.4. The van der Waals surface area contributed by atoms with E-state index in [0.29, 0.717) is 28.0 Å². The quantitative estimate of drug-likeness (QED) is 0.414. The number of para-hydroxylation sites is 1. The van der Waals surface area contributed by atoms with Crippen LogP contribution in [0.25, 0.3) is 5.57 Å². The number of fused-ring (bicyclic) bond motifs is 1. The molecular weight excluding hydrogens is 381 g/mol. The van der Waals surface area contributed by atoms with Gasteiger partial charge in [-0.15, -0.1) is 5.54 Å². The van der Waals surface area contributed by atoms with E-state index in [1.165, 1.54) is 6.07 Å². The summed E-state index contributed by atoms with van der Waals surface area (Å²) in [6.07, 6.45) is 0.709. The van der Waals surface area contributed by atoms with Gasteiger partial charge in [0.15, 0.2) is 0 Å². The number of carbonyl (C=O) groups is 2. The number of aldehydes is 1. The molecule has 148 valence electrons. The maximum Gasteiger partial charge on any atom is 0.231 e. The Morgan fingerprint density at radius 2 is 1.90 bits per heavy atom. The Labute approximate surface area is 172 Å². The van der Waals surface area contributed by atoms with Crippen LogP contribution in [0.4, 0.5) is 10.1 Å². The largest absolute Gasteiger partial charge is 0.307 e. The molecule has 0 fully saturated rings. The summed E-state index contributed by atoms with van der Waals surface area (Å²) in [5.41, 5.74) is 7.03. The van der Waals surface area contributed by atoms with Gasteiger partial charge in [-0.2, -0.15) is 0 Å². The summed E-state index contributed by atoms with van der Waals surface area (Å²) >= 11 is 0. The predicted molar refractivity (Wildman–Crippen MR) is 117 cm³/mol. The number of nitrogens with zero attached hydrogens (tertiary/aromatic N) is 1. The first kappa shape index (κ1) is 20.8. The van der Waals surface area contributed by atoms with Crippen LogP contribution in [0.15, 0.2) is 48.0 Å². The monoisotopic (exact) mass is 405 g/mol. The number of allylic oxidation sites excluding steroid dienone is 1. The third kappa shape index (κ3) is 4.72. The highest BCUT2D eigenvalue weighted by Crippen LogP contribution is 2.34. The van der Waals surface area contributed by atoms with E-state index in [0.717, 1.165) is 11.8 Å². The third-order valence-corrected chi connectivity index (χ3v) is 5.58. The van der Waals surface area contributed by atoms with Gasteiger partial charge in [-0.3, -0.25) is 9.59 Å². The maximum atomic E-state index is 14.0. The first-order valence-corrected chi connectivity index (χ1v) is 13.1. The molecule has 1 aliphatic rings. The lowest BCUT2D eigenvalue weighted by Crippen LogP contribution is -2.30. The first-order chi connectivity index (χ1) is 13.7. The fraction of sp³-hybridized carbons (Fsp3) is 0.250. The van der Waals surface area contributed by atoms with Gasteiger partial charge in [-0.1, -0.05) is 55.9 Å². The van der Waals surface area contributed by atoms with Crippen molar-refractivity contribution >= 4 is 31.5 Å². The molecule has 2 aromatic rings. The number of anilines is 1. The number of halogens is 1. The van der Waals surface area contributed by atoms with Gasteiger partial charge in [-0.25, -0.2) is 4.39 Å². The summed E-state index contributed by atoms with van der Waals surface area (Å²) in [4.78, 5) is 26.5. The zero-order valence-electron chi connectivity index (χ0n) is 17.2. The van der Waals surface area contributed by atoms with Gasteiger partial charge >= 0.3 is 0 Å². The number of aryl methyl sites for hydroxylation is 1. The van der Waals surface area contributed by atoms with Crippen LogP contribution in [-0.4, -0.2) is 20.3 Å². The Morgan fingerprint density at radius 3 is 2.55 bits per heavy atom. The highest BCUT2D eigenvalue weighted by molar-refractivity contribution is 6.84. The van der Waals surface area contributed by atoms with Crippen LogP contribution in [0.1, 0.15) is 23.1 Å². The van der Waals surface area contributed by atoms with Crippen molar-refractivity contribution in [2.75, 3.05) is 4.90 Å². The lowest BCUT2D eigenvalue weighted by molar-refractivity contribution is -0.118. The molecule has 5 heteroatoms. The molecule has 0 bridgehead atoms. The summed E-state index contributed by atoms with van der Waals surface area (Å²) in [6.45, 7) is 8.33. The minimum Gasteiger partial charge on any atom is -0.307 e. The Hall–Kier alpha value is -2.97. The highest BCUT2D eigenvalue weighted by Gasteiger charge is 2.27. The van der Waals surface area contributed by atoms with Crippen molar-refractivity contribution in [1.82, 2.24) is 0 Å². The van der Waals surface area contributed by atoms with Crippen molar-refractivity contribution in [3.05, 3.63) is 70.5 Å². The molecule has 3 nitrogen and oxygen atoms in total. The summed E-state index contributed by atoms with van der Waals surface area (Å²) in [7, 11) is -1.68. The van der Waals surface area contributed by atoms with Crippen LogP contribution < -0.4 is 4.90 Å². The van der Waals surface area contributed by atoms with Crippen LogP contribution in [0.3, 0.4) is 0 Å². The van der Waals surface area contributed by atoms with E-state index in [1.54, 1.807) is 17.9 Å². The lowest BCUT2D eigenvalue weighted by Gasteiger charge is -2.23. The molecule has 3 rings (SSSR count). The number of benzene rings is 2. The summed E-state index contributed by atoms with van der Waals surface area (Å²) in [5.74, 6) is 2.70. The molecule has 0 saturated carbocycles. The molecule has 29 heavy (non-hydrogen) atoms. The minimum atomic E-state index is -1.68. The molecule has 0 spiro atoms. The van der Waals surface area contributed by atoms with Crippen molar-refractivity contribution in [1.29, 1.82) is 0 Å². The zero-order valence-corrected chi connectivity index (χ0v) is 18.2. The zero-order chi connectivity index (χ0) is 21.2. The molecule has 0 N–H and O–H groups in total. The van der Waals surface area contributed by atoms with E-state index in [1.807, 2.05) is 30.3 Å². The molecule has 0 aliphatic carbocycles. The number of hydrogen-bond acceptors (Lipinski definition) is 2. The molecule has 0 aromatic heterocycles. The van der Waals surface area contributed by atoms with Gasteiger partial charge in [0, 0.05) is 16.7 Å². The summed E-state index contributed by atoms with van der Waals surface area (Å²) < 4.78 is 14.0. The molecule has 0 saturated heterocycles. The van der Waals surface area contributed by atoms with E-state index >= 15 is 0 Å². The molecule has 1 aliphatic heterocycles. The van der Waals surface area contributed by atoms with Crippen molar-refractivity contribution in [3.63, 3.8) is 0 Å². The molecule has 1 amide bonds.